The van der Waals surface area contributed by atoms with Gasteiger partial charge in [0.15, 0.2) is 0 Å². The summed E-state index contributed by atoms with van der Waals surface area (Å²) in [4.78, 5) is 14.3. The molecule has 0 bridgehead atoms. The molecule has 1 heterocycles. The van der Waals surface area contributed by atoms with Crippen LogP contribution in [-0.4, -0.2) is 15.7 Å². The Hall–Kier alpha value is -3.66. The number of amides is 1. The molecule has 1 N–H and O–H groups in total. The zero-order valence-corrected chi connectivity index (χ0v) is 23.1. The molecular weight excluding hydrogens is 466 g/mol. The van der Waals surface area contributed by atoms with Gasteiger partial charge in [-0.1, -0.05) is 132 Å². The Morgan fingerprint density at radius 1 is 0.842 bits per heavy atom. The van der Waals surface area contributed by atoms with Crippen LogP contribution >= 0.6 is 0 Å². The topological polar surface area (TPSA) is 46.9 Å². The Bertz CT molecular complexity index is 1270. The molecule has 4 heteroatoms. The first kappa shape index (κ1) is 27.4. The minimum absolute atomic E-state index is 0.0475. The SMILES string of the molecule is CCCCC(CC)CC(NC(=O)c1c(-c2ccccc2)nn(-c2ccccc2)c1CCC)c1ccccc1. The molecule has 0 aliphatic heterocycles. The highest BCUT2D eigenvalue weighted by atomic mass is 16.1. The van der Waals surface area contributed by atoms with Crippen molar-refractivity contribution < 1.29 is 4.79 Å². The maximum atomic E-state index is 14.3. The Morgan fingerprint density at radius 3 is 2.08 bits per heavy atom. The average molecular weight is 508 g/mol. The van der Waals surface area contributed by atoms with Gasteiger partial charge in [-0.15, -0.1) is 0 Å². The molecule has 0 saturated carbocycles. The van der Waals surface area contributed by atoms with E-state index in [0.29, 0.717) is 11.5 Å². The van der Waals surface area contributed by atoms with Crippen LogP contribution in [0.25, 0.3) is 16.9 Å². The molecule has 0 spiro atoms. The van der Waals surface area contributed by atoms with Crippen LogP contribution in [0.4, 0.5) is 0 Å². The van der Waals surface area contributed by atoms with Crippen LogP contribution in [-0.2, 0) is 6.42 Å². The van der Waals surface area contributed by atoms with Crippen molar-refractivity contribution in [2.75, 3.05) is 0 Å². The van der Waals surface area contributed by atoms with E-state index < -0.39 is 0 Å². The van der Waals surface area contributed by atoms with Gasteiger partial charge in [0.1, 0.15) is 5.69 Å². The summed E-state index contributed by atoms with van der Waals surface area (Å²) >= 11 is 0. The lowest BCUT2D eigenvalue weighted by atomic mass is 9.89. The molecule has 4 rings (SSSR count). The van der Waals surface area contributed by atoms with Crippen molar-refractivity contribution in [1.82, 2.24) is 15.1 Å². The number of hydrogen-bond acceptors (Lipinski definition) is 2. The largest absolute Gasteiger partial charge is 0.345 e. The summed E-state index contributed by atoms with van der Waals surface area (Å²) in [5, 5.41) is 8.52. The van der Waals surface area contributed by atoms with Crippen molar-refractivity contribution in [2.24, 2.45) is 5.92 Å². The number of nitrogens with one attached hydrogen (secondary N) is 1. The lowest BCUT2D eigenvalue weighted by molar-refractivity contribution is 0.0929. The molecule has 4 nitrogen and oxygen atoms in total. The lowest BCUT2D eigenvalue weighted by Crippen LogP contribution is -2.31. The summed E-state index contributed by atoms with van der Waals surface area (Å²) in [5.74, 6) is 0.518. The molecule has 0 saturated heterocycles. The van der Waals surface area contributed by atoms with E-state index in [1.165, 1.54) is 19.3 Å². The smallest absolute Gasteiger partial charge is 0.255 e. The Kier molecular flexibility index (Phi) is 9.91. The highest BCUT2D eigenvalue weighted by molar-refractivity contribution is 6.01. The molecule has 38 heavy (non-hydrogen) atoms. The van der Waals surface area contributed by atoms with Gasteiger partial charge in [-0.25, -0.2) is 4.68 Å². The molecule has 0 aliphatic carbocycles. The van der Waals surface area contributed by atoms with Gasteiger partial charge in [0.2, 0.25) is 0 Å². The number of hydrogen-bond donors (Lipinski definition) is 1. The molecule has 3 aromatic carbocycles. The average Bonchev–Trinajstić information content (AvgIpc) is 3.35. The van der Waals surface area contributed by atoms with E-state index in [9.17, 15) is 4.79 Å². The van der Waals surface area contributed by atoms with Crippen LogP contribution in [0.1, 0.15) is 87.0 Å². The fraction of sp³-hybridized carbons (Fsp3) is 0.353. The normalized spacial score (nSPS) is 12.7. The number of carbonyl (C=O) groups excluding carboxylic acids is 1. The van der Waals surface area contributed by atoms with Gasteiger partial charge in [-0.05, 0) is 36.5 Å². The van der Waals surface area contributed by atoms with Crippen LogP contribution in [0.15, 0.2) is 91.0 Å². The van der Waals surface area contributed by atoms with Crippen LogP contribution in [0.2, 0.25) is 0 Å². The fourth-order valence-corrected chi connectivity index (χ4v) is 5.25. The molecule has 0 fully saturated rings. The quantitative estimate of drug-likeness (QED) is 0.197. The standard InChI is InChI=1S/C34H41N3O/c1-4-7-18-26(6-3)25-30(27-19-11-8-12-20-27)35-34(38)32-31(17-5-2)37(29-23-15-10-16-24-29)36-33(32)28-21-13-9-14-22-28/h8-16,19-24,26,30H,4-7,17-18,25H2,1-3H3,(H,35,38). The van der Waals surface area contributed by atoms with Crippen LogP contribution < -0.4 is 5.32 Å². The van der Waals surface area contributed by atoms with E-state index in [0.717, 1.165) is 53.9 Å². The predicted octanol–water partition coefficient (Wildman–Crippen LogP) is 8.57. The summed E-state index contributed by atoms with van der Waals surface area (Å²) in [5.41, 5.74) is 5.46. The maximum absolute atomic E-state index is 14.3. The molecule has 4 aromatic rings. The zero-order valence-electron chi connectivity index (χ0n) is 23.1. The third-order valence-electron chi connectivity index (χ3n) is 7.36. The van der Waals surface area contributed by atoms with Crippen molar-refractivity contribution >= 4 is 5.91 Å². The molecule has 0 aliphatic rings. The van der Waals surface area contributed by atoms with E-state index in [4.69, 9.17) is 5.10 Å². The number of unbranched alkanes of at least 4 members (excludes halogenated alkanes) is 1. The zero-order chi connectivity index (χ0) is 26.7. The lowest BCUT2D eigenvalue weighted by Gasteiger charge is -2.25. The van der Waals surface area contributed by atoms with Gasteiger partial charge >= 0.3 is 0 Å². The fourth-order valence-electron chi connectivity index (χ4n) is 5.25. The summed E-state index contributed by atoms with van der Waals surface area (Å²) < 4.78 is 1.97. The van der Waals surface area contributed by atoms with Crippen molar-refractivity contribution in [3.8, 4) is 16.9 Å². The van der Waals surface area contributed by atoms with Gasteiger partial charge in [-0.3, -0.25) is 4.79 Å². The minimum atomic E-state index is -0.0521. The monoisotopic (exact) mass is 507 g/mol. The molecule has 1 amide bonds. The first-order chi connectivity index (χ1) is 18.7. The van der Waals surface area contributed by atoms with Gasteiger partial charge in [0.05, 0.1) is 23.0 Å². The van der Waals surface area contributed by atoms with E-state index in [1.807, 2.05) is 59.3 Å². The van der Waals surface area contributed by atoms with E-state index in [-0.39, 0.29) is 11.9 Å². The molecule has 0 radical (unpaired) electrons. The second-order valence-electron chi connectivity index (χ2n) is 10.1. The van der Waals surface area contributed by atoms with E-state index in [1.54, 1.807) is 0 Å². The number of nitrogens with zero attached hydrogens (tertiary/aromatic N) is 2. The number of aromatic nitrogens is 2. The third-order valence-corrected chi connectivity index (χ3v) is 7.36. The van der Waals surface area contributed by atoms with Crippen LogP contribution in [0, 0.1) is 5.92 Å². The van der Waals surface area contributed by atoms with E-state index in [2.05, 4.69) is 62.5 Å². The van der Waals surface area contributed by atoms with Gasteiger partial charge in [0.25, 0.3) is 5.91 Å². The van der Waals surface area contributed by atoms with Crippen molar-refractivity contribution in [1.29, 1.82) is 0 Å². The second kappa shape index (κ2) is 13.8. The molecule has 2 atom stereocenters. The van der Waals surface area contributed by atoms with Gasteiger partial charge in [0, 0.05) is 5.56 Å². The highest BCUT2D eigenvalue weighted by Gasteiger charge is 2.28. The Labute approximate surface area is 228 Å². The summed E-state index contributed by atoms with van der Waals surface area (Å²) in [6.07, 6.45) is 7.33. The Balaban J connectivity index is 1.78. The highest BCUT2D eigenvalue weighted by Crippen LogP contribution is 2.31. The number of rotatable bonds is 13. The first-order valence-corrected chi connectivity index (χ1v) is 14.2. The Morgan fingerprint density at radius 2 is 1.47 bits per heavy atom. The van der Waals surface area contributed by atoms with Crippen LogP contribution in [0.5, 0.6) is 0 Å². The third kappa shape index (κ3) is 6.61. The number of carbonyl (C=O) groups is 1. The van der Waals surface area contributed by atoms with Crippen molar-refractivity contribution in [3.63, 3.8) is 0 Å². The van der Waals surface area contributed by atoms with E-state index >= 15 is 0 Å². The second-order valence-corrected chi connectivity index (χ2v) is 10.1. The molecule has 198 valence electrons. The summed E-state index contributed by atoms with van der Waals surface area (Å²) in [7, 11) is 0. The minimum Gasteiger partial charge on any atom is -0.345 e. The maximum Gasteiger partial charge on any atom is 0.255 e. The van der Waals surface area contributed by atoms with Gasteiger partial charge < -0.3 is 5.32 Å². The van der Waals surface area contributed by atoms with Crippen molar-refractivity contribution in [2.45, 2.75) is 71.8 Å². The number of para-hydroxylation sites is 1. The molecule has 1 aromatic heterocycles. The summed E-state index contributed by atoms with van der Waals surface area (Å²) in [6, 6.07) is 30.6. The van der Waals surface area contributed by atoms with Gasteiger partial charge in [-0.2, -0.15) is 5.10 Å². The first-order valence-electron chi connectivity index (χ1n) is 14.2. The predicted molar refractivity (Wildman–Crippen MR) is 158 cm³/mol. The number of benzene rings is 3. The van der Waals surface area contributed by atoms with Crippen LogP contribution in [0.3, 0.4) is 0 Å². The molecular formula is C34H41N3O. The summed E-state index contributed by atoms with van der Waals surface area (Å²) in [6.45, 7) is 6.66. The van der Waals surface area contributed by atoms with Crippen molar-refractivity contribution in [3.05, 3.63) is 108 Å². The molecule has 2 unspecified atom stereocenters.